The second kappa shape index (κ2) is 4.96. The Morgan fingerprint density at radius 1 is 1.40 bits per heavy atom. The molecule has 0 radical (unpaired) electrons. The van der Waals surface area contributed by atoms with Gasteiger partial charge in [0.1, 0.15) is 5.75 Å². The number of hydrogen-bond acceptors (Lipinski definition) is 3. The zero-order valence-electron chi connectivity index (χ0n) is 8.72. The minimum atomic E-state index is 0.404. The predicted molar refractivity (Wildman–Crippen MR) is 64.3 cm³/mol. The molecular weight excluding hydrogens is 256 g/mol. The van der Waals surface area contributed by atoms with Crippen LogP contribution in [0.1, 0.15) is 11.6 Å². The standard InChI is InChI=1S/C11H15BrN2O/c1-15-11-3-2-8(6-9(11)12)10-7-13-4-5-14-10/h2-3,6,10,13-14H,4-5,7H2,1H3/t10-/m0/s1. The van der Waals surface area contributed by atoms with Gasteiger partial charge in [-0.05, 0) is 33.6 Å². The summed E-state index contributed by atoms with van der Waals surface area (Å²) in [4.78, 5) is 0. The Hall–Kier alpha value is -0.580. The summed E-state index contributed by atoms with van der Waals surface area (Å²) < 4.78 is 6.21. The van der Waals surface area contributed by atoms with Gasteiger partial charge in [-0.1, -0.05) is 6.07 Å². The lowest BCUT2D eigenvalue weighted by Crippen LogP contribution is -2.42. The Balaban J connectivity index is 2.17. The maximum Gasteiger partial charge on any atom is 0.133 e. The molecule has 2 N–H and O–H groups in total. The molecule has 2 rings (SSSR count). The van der Waals surface area contributed by atoms with E-state index >= 15 is 0 Å². The van der Waals surface area contributed by atoms with Crippen LogP contribution in [-0.2, 0) is 0 Å². The molecule has 1 heterocycles. The molecular formula is C11H15BrN2O. The molecule has 1 aromatic carbocycles. The minimum Gasteiger partial charge on any atom is -0.496 e. The van der Waals surface area contributed by atoms with Crippen molar-refractivity contribution in [2.24, 2.45) is 0 Å². The number of nitrogens with one attached hydrogen (secondary N) is 2. The topological polar surface area (TPSA) is 33.3 Å². The highest BCUT2D eigenvalue weighted by Gasteiger charge is 2.15. The van der Waals surface area contributed by atoms with Crippen LogP contribution in [0, 0.1) is 0 Å². The van der Waals surface area contributed by atoms with E-state index in [9.17, 15) is 0 Å². The third-order valence-corrected chi connectivity index (χ3v) is 3.24. The average Bonchev–Trinajstić information content (AvgIpc) is 2.30. The molecule has 0 bridgehead atoms. The molecule has 1 aliphatic rings. The second-order valence-corrected chi connectivity index (χ2v) is 4.46. The van der Waals surface area contributed by atoms with Gasteiger partial charge in [0, 0.05) is 25.7 Å². The molecule has 0 unspecified atom stereocenters. The molecule has 0 spiro atoms. The van der Waals surface area contributed by atoms with E-state index in [0.29, 0.717) is 6.04 Å². The van der Waals surface area contributed by atoms with Gasteiger partial charge in [0.2, 0.25) is 0 Å². The highest BCUT2D eigenvalue weighted by Crippen LogP contribution is 2.28. The number of rotatable bonds is 2. The molecule has 3 nitrogen and oxygen atoms in total. The molecule has 1 aromatic rings. The van der Waals surface area contributed by atoms with Crippen LogP contribution in [0.15, 0.2) is 22.7 Å². The van der Waals surface area contributed by atoms with E-state index in [1.165, 1.54) is 5.56 Å². The van der Waals surface area contributed by atoms with Crippen molar-refractivity contribution >= 4 is 15.9 Å². The van der Waals surface area contributed by atoms with Gasteiger partial charge in [-0.3, -0.25) is 0 Å². The molecule has 1 atom stereocenters. The average molecular weight is 271 g/mol. The SMILES string of the molecule is COc1ccc([C@@H]2CNCCN2)cc1Br. The Kier molecular flexibility index (Phi) is 3.61. The number of piperazine rings is 1. The zero-order chi connectivity index (χ0) is 10.7. The van der Waals surface area contributed by atoms with Gasteiger partial charge in [-0.15, -0.1) is 0 Å². The van der Waals surface area contributed by atoms with E-state index in [-0.39, 0.29) is 0 Å². The summed E-state index contributed by atoms with van der Waals surface area (Å²) in [6.07, 6.45) is 0. The first-order chi connectivity index (χ1) is 7.31. The van der Waals surface area contributed by atoms with Crippen molar-refractivity contribution in [3.8, 4) is 5.75 Å². The van der Waals surface area contributed by atoms with Gasteiger partial charge in [0.25, 0.3) is 0 Å². The van der Waals surface area contributed by atoms with E-state index < -0.39 is 0 Å². The fourth-order valence-corrected chi connectivity index (χ4v) is 2.35. The van der Waals surface area contributed by atoms with Gasteiger partial charge in [0.15, 0.2) is 0 Å². The van der Waals surface area contributed by atoms with Crippen LogP contribution in [0.25, 0.3) is 0 Å². The predicted octanol–water partition coefficient (Wildman–Crippen LogP) is 1.69. The lowest BCUT2D eigenvalue weighted by Gasteiger charge is -2.25. The van der Waals surface area contributed by atoms with Crippen LogP contribution in [0.2, 0.25) is 0 Å². The maximum absolute atomic E-state index is 5.20. The van der Waals surface area contributed by atoms with E-state index in [1.54, 1.807) is 7.11 Å². The highest BCUT2D eigenvalue weighted by atomic mass is 79.9. The Labute approximate surface area is 98.3 Å². The summed E-state index contributed by atoms with van der Waals surface area (Å²) >= 11 is 3.50. The fraction of sp³-hybridized carbons (Fsp3) is 0.455. The zero-order valence-corrected chi connectivity index (χ0v) is 10.3. The van der Waals surface area contributed by atoms with Crippen molar-refractivity contribution in [2.75, 3.05) is 26.7 Å². The first-order valence-electron chi connectivity index (χ1n) is 5.09. The Morgan fingerprint density at radius 3 is 2.87 bits per heavy atom. The summed E-state index contributed by atoms with van der Waals surface area (Å²) in [7, 11) is 1.68. The number of hydrogen-bond donors (Lipinski definition) is 2. The Morgan fingerprint density at radius 2 is 2.27 bits per heavy atom. The molecule has 1 fully saturated rings. The lowest BCUT2D eigenvalue weighted by atomic mass is 10.1. The summed E-state index contributed by atoms with van der Waals surface area (Å²) in [6.45, 7) is 3.06. The van der Waals surface area contributed by atoms with Gasteiger partial charge < -0.3 is 15.4 Å². The smallest absolute Gasteiger partial charge is 0.133 e. The van der Waals surface area contributed by atoms with Crippen molar-refractivity contribution in [3.05, 3.63) is 28.2 Å². The van der Waals surface area contributed by atoms with Crippen molar-refractivity contribution in [2.45, 2.75) is 6.04 Å². The van der Waals surface area contributed by atoms with Crippen molar-refractivity contribution in [1.82, 2.24) is 10.6 Å². The fourth-order valence-electron chi connectivity index (χ4n) is 1.79. The molecule has 15 heavy (non-hydrogen) atoms. The van der Waals surface area contributed by atoms with Crippen molar-refractivity contribution < 1.29 is 4.74 Å². The van der Waals surface area contributed by atoms with Crippen LogP contribution in [0.5, 0.6) is 5.75 Å². The van der Waals surface area contributed by atoms with Crippen LogP contribution in [-0.4, -0.2) is 26.7 Å². The monoisotopic (exact) mass is 270 g/mol. The second-order valence-electron chi connectivity index (χ2n) is 3.60. The molecule has 4 heteroatoms. The number of halogens is 1. The lowest BCUT2D eigenvalue weighted by molar-refractivity contribution is 0.409. The molecule has 0 aromatic heterocycles. The highest BCUT2D eigenvalue weighted by molar-refractivity contribution is 9.10. The van der Waals surface area contributed by atoms with E-state index in [2.05, 4.69) is 38.7 Å². The number of ether oxygens (including phenoxy) is 1. The Bertz CT molecular complexity index is 337. The van der Waals surface area contributed by atoms with E-state index in [0.717, 1.165) is 29.9 Å². The van der Waals surface area contributed by atoms with Crippen LogP contribution in [0.4, 0.5) is 0 Å². The third kappa shape index (κ3) is 2.51. The number of benzene rings is 1. The molecule has 1 saturated heterocycles. The van der Waals surface area contributed by atoms with Crippen LogP contribution < -0.4 is 15.4 Å². The first-order valence-corrected chi connectivity index (χ1v) is 5.88. The first kappa shape index (κ1) is 10.9. The number of methoxy groups -OCH3 is 1. The summed E-state index contributed by atoms with van der Waals surface area (Å²) in [5.41, 5.74) is 1.29. The third-order valence-electron chi connectivity index (χ3n) is 2.62. The van der Waals surface area contributed by atoms with Crippen LogP contribution >= 0.6 is 15.9 Å². The molecule has 0 amide bonds. The summed E-state index contributed by atoms with van der Waals surface area (Å²) in [5.74, 6) is 0.877. The van der Waals surface area contributed by atoms with Gasteiger partial charge >= 0.3 is 0 Å². The van der Waals surface area contributed by atoms with Gasteiger partial charge in [-0.25, -0.2) is 0 Å². The van der Waals surface area contributed by atoms with Crippen molar-refractivity contribution in [1.29, 1.82) is 0 Å². The molecule has 1 aliphatic heterocycles. The summed E-state index contributed by atoms with van der Waals surface area (Å²) in [6, 6.07) is 6.62. The van der Waals surface area contributed by atoms with E-state index in [4.69, 9.17) is 4.74 Å². The minimum absolute atomic E-state index is 0.404. The molecule has 0 aliphatic carbocycles. The molecule has 82 valence electrons. The van der Waals surface area contributed by atoms with E-state index in [1.807, 2.05) is 6.07 Å². The van der Waals surface area contributed by atoms with Gasteiger partial charge in [-0.2, -0.15) is 0 Å². The largest absolute Gasteiger partial charge is 0.496 e. The van der Waals surface area contributed by atoms with Gasteiger partial charge in [0.05, 0.1) is 11.6 Å². The maximum atomic E-state index is 5.20. The molecule has 0 saturated carbocycles. The van der Waals surface area contributed by atoms with Crippen molar-refractivity contribution in [3.63, 3.8) is 0 Å². The summed E-state index contributed by atoms with van der Waals surface area (Å²) in [5, 5.41) is 6.85. The normalized spacial score (nSPS) is 21.3. The van der Waals surface area contributed by atoms with Crippen LogP contribution in [0.3, 0.4) is 0 Å². The quantitative estimate of drug-likeness (QED) is 0.858.